The van der Waals surface area contributed by atoms with Crippen molar-refractivity contribution in [3.8, 4) is 0 Å². The highest BCUT2D eigenvalue weighted by Crippen LogP contribution is 2.11. The van der Waals surface area contributed by atoms with Crippen LogP contribution in [-0.4, -0.2) is 24.1 Å². The number of benzene rings is 1. The summed E-state index contributed by atoms with van der Waals surface area (Å²) in [4.78, 5) is 13.7. The second kappa shape index (κ2) is 6.24. The lowest BCUT2D eigenvalue weighted by atomic mass is 10.1. The van der Waals surface area contributed by atoms with Crippen LogP contribution in [0.1, 0.15) is 18.9 Å². The average Bonchev–Trinajstić information content (AvgIpc) is 2.62. The Morgan fingerprint density at radius 3 is 2.94 bits per heavy atom. The highest BCUT2D eigenvalue weighted by molar-refractivity contribution is 5.67. The summed E-state index contributed by atoms with van der Waals surface area (Å²) >= 11 is 0. The van der Waals surface area contributed by atoms with Gasteiger partial charge in [0.2, 0.25) is 0 Å². The van der Waals surface area contributed by atoms with Gasteiger partial charge in [0.25, 0.3) is 0 Å². The summed E-state index contributed by atoms with van der Waals surface area (Å²) in [5.41, 5.74) is 1.02. The molecule has 0 saturated heterocycles. The van der Waals surface area contributed by atoms with E-state index in [9.17, 15) is 4.79 Å². The summed E-state index contributed by atoms with van der Waals surface area (Å²) in [7, 11) is 0. The van der Waals surface area contributed by atoms with E-state index in [0.717, 1.165) is 18.5 Å². The van der Waals surface area contributed by atoms with Gasteiger partial charge in [0.15, 0.2) is 0 Å². The Balaban J connectivity index is 1.83. The number of hydrogen-bond donors (Lipinski definition) is 0. The van der Waals surface area contributed by atoms with Crippen molar-refractivity contribution in [2.24, 2.45) is 5.92 Å². The van der Waals surface area contributed by atoms with Crippen molar-refractivity contribution in [1.82, 2.24) is 4.90 Å². The van der Waals surface area contributed by atoms with Crippen LogP contribution in [0.5, 0.6) is 0 Å². The van der Waals surface area contributed by atoms with Crippen LogP contribution in [0.3, 0.4) is 0 Å². The van der Waals surface area contributed by atoms with Gasteiger partial charge in [-0.2, -0.15) is 0 Å². The number of carbonyl (C=O) groups excluding carboxylic acids is 1. The Kier molecular flexibility index (Phi) is 4.40. The van der Waals surface area contributed by atoms with Gasteiger partial charge in [-0.1, -0.05) is 49.4 Å². The monoisotopic (exact) mass is 245 g/mol. The van der Waals surface area contributed by atoms with Crippen LogP contribution in [0.2, 0.25) is 0 Å². The molecular formula is C15H19NO2. The molecule has 1 unspecified atom stereocenters. The van der Waals surface area contributed by atoms with E-state index in [-0.39, 0.29) is 6.09 Å². The van der Waals surface area contributed by atoms with Crippen LogP contribution in [0.15, 0.2) is 42.5 Å². The number of ether oxygens (including phenoxy) is 1. The molecule has 2 rings (SSSR count). The van der Waals surface area contributed by atoms with E-state index in [1.807, 2.05) is 36.4 Å². The molecule has 18 heavy (non-hydrogen) atoms. The van der Waals surface area contributed by atoms with Gasteiger partial charge in [-0.3, -0.25) is 0 Å². The summed E-state index contributed by atoms with van der Waals surface area (Å²) in [5.74, 6) is 0.539. The lowest BCUT2D eigenvalue weighted by Gasteiger charge is -2.19. The fourth-order valence-corrected chi connectivity index (χ4v) is 1.94. The summed E-state index contributed by atoms with van der Waals surface area (Å²) < 4.78 is 5.31. The number of carbonyl (C=O) groups is 1. The number of hydrogen-bond acceptors (Lipinski definition) is 2. The quantitative estimate of drug-likeness (QED) is 0.749. The van der Waals surface area contributed by atoms with E-state index in [0.29, 0.717) is 19.1 Å². The van der Waals surface area contributed by atoms with Crippen molar-refractivity contribution in [1.29, 1.82) is 0 Å². The molecule has 0 N–H and O–H groups in total. The first-order valence-electron chi connectivity index (χ1n) is 6.38. The highest BCUT2D eigenvalue weighted by atomic mass is 16.6. The van der Waals surface area contributed by atoms with E-state index < -0.39 is 0 Å². The fraction of sp³-hybridized carbons (Fsp3) is 0.400. The first-order chi connectivity index (χ1) is 8.75. The molecule has 0 saturated carbocycles. The van der Waals surface area contributed by atoms with Crippen LogP contribution in [0.4, 0.5) is 4.79 Å². The molecule has 0 bridgehead atoms. The topological polar surface area (TPSA) is 29.5 Å². The lowest BCUT2D eigenvalue weighted by Crippen LogP contribution is -2.32. The minimum Gasteiger partial charge on any atom is -0.445 e. The second-order valence-electron chi connectivity index (χ2n) is 4.68. The highest BCUT2D eigenvalue weighted by Gasteiger charge is 2.16. The summed E-state index contributed by atoms with van der Waals surface area (Å²) in [6.45, 7) is 3.92. The predicted molar refractivity (Wildman–Crippen MR) is 71.1 cm³/mol. The van der Waals surface area contributed by atoms with E-state index in [1.165, 1.54) is 0 Å². The molecule has 1 aromatic carbocycles. The third-order valence-electron chi connectivity index (χ3n) is 3.11. The molecule has 3 heteroatoms. The normalized spacial score (nSPS) is 19.4. The van der Waals surface area contributed by atoms with Crippen molar-refractivity contribution in [2.75, 3.05) is 13.1 Å². The summed E-state index contributed by atoms with van der Waals surface area (Å²) in [6, 6.07) is 9.75. The van der Waals surface area contributed by atoms with E-state index in [2.05, 4.69) is 13.0 Å². The molecule has 1 aliphatic heterocycles. The zero-order valence-electron chi connectivity index (χ0n) is 10.7. The molecule has 1 aromatic rings. The van der Waals surface area contributed by atoms with Gasteiger partial charge in [-0.15, -0.1) is 0 Å². The first-order valence-corrected chi connectivity index (χ1v) is 6.38. The number of allylic oxidation sites excluding steroid dienone is 1. The van der Waals surface area contributed by atoms with Crippen LogP contribution < -0.4 is 0 Å². The molecular weight excluding hydrogens is 226 g/mol. The van der Waals surface area contributed by atoms with Crippen LogP contribution >= 0.6 is 0 Å². The third kappa shape index (κ3) is 3.62. The second-order valence-corrected chi connectivity index (χ2v) is 4.68. The maximum absolute atomic E-state index is 11.9. The molecule has 0 aromatic heterocycles. The number of nitrogens with zero attached hydrogens (tertiary/aromatic N) is 1. The van der Waals surface area contributed by atoms with Gasteiger partial charge in [0.05, 0.1) is 0 Å². The predicted octanol–water partition coefficient (Wildman–Crippen LogP) is 3.22. The molecule has 96 valence electrons. The fourth-order valence-electron chi connectivity index (χ4n) is 1.94. The summed E-state index contributed by atoms with van der Waals surface area (Å²) in [5, 5.41) is 0. The molecule has 0 spiro atoms. The standard InChI is InChI=1S/C15H19NO2/c1-13-6-5-10-16(11-9-13)15(17)18-12-14-7-3-2-4-8-14/h2-8,13H,9-12H2,1H3. The third-order valence-corrected chi connectivity index (χ3v) is 3.11. The summed E-state index contributed by atoms with van der Waals surface area (Å²) in [6.07, 6.45) is 4.97. The van der Waals surface area contributed by atoms with Crippen molar-refractivity contribution in [3.05, 3.63) is 48.0 Å². The smallest absolute Gasteiger partial charge is 0.410 e. The zero-order valence-corrected chi connectivity index (χ0v) is 10.7. The Bertz CT molecular complexity index is 414. The molecule has 3 nitrogen and oxygen atoms in total. The van der Waals surface area contributed by atoms with E-state index in [4.69, 9.17) is 4.74 Å². The van der Waals surface area contributed by atoms with Gasteiger partial charge < -0.3 is 9.64 Å². The van der Waals surface area contributed by atoms with Gasteiger partial charge in [-0.05, 0) is 17.9 Å². The van der Waals surface area contributed by atoms with E-state index >= 15 is 0 Å². The van der Waals surface area contributed by atoms with Gasteiger partial charge in [0, 0.05) is 13.1 Å². The number of rotatable bonds is 2. The maximum Gasteiger partial charge on any atom is 0.410 e. The van der Waals surface area contributed by atoms with Crippen LogP contribution in [0, 0.1) is 5.92 Å². The largest absolute Gasteiger partial charge is 0.445 e. The molecule has 1 amide bonds. The lowest BCUT2D eigenvalue weighted by molar-refractivity contribution is 0.0997. The van der Waals surface area contributed by atoms with Crippen molar-refractivity contribution < 1.29 is 9.53 Å². The average molecular weight is 245 g/mol. The van der Waals surface area contributed by atoms with E-state index in [1.54, 1.807) is 4.90 Å². The zero-order chi connectivity index (χ0) is 12.8. The number of amides is 1. The molecule has 1 atom stereocenters. The van der Waals surface area contributed by atoms with Crippen LogP contribution in [-0.2, 0) is 11.3 Å². The van der Waals surface area contributed by atoms with Gasteiger partial charge >= 0.3 is 6.09 Å². The molecule has 1 aliphatic rings. The van der Waals surface area contributed by atoms with Crippen molar-refractivity contribution >= 4 is 6.09 Å². The molecule has 1 heterocycles. The Labute approximate surface area is 108 Å². The SMILES string of the molecule is CC1C=CCN(C(=O)OCc2ccccc2)CC1. The minimum absolute atomic E-state index is 0.224. The Morgan fingerprint density at radius 2 is 2.17 bits per heavy atom. The molecule has 0 fully saturated rings. The Hall–Kier alpha value is -1.77. The van der Waals surface area contributed by atoms with Crippen molar-refractivity contribution in [2.45, 2.75) is 20.0 Å². The minimum atomic E-state index is -0.224. The molecule has 0 aliphatic carbocycles. The van der Waals surface area contributed by atoms with Gasteiger partial charge in [0.1, 0.15) is 6.61 Å². The maximum atomic E-state index is 11.9. The van der Waals surface area contributed by atoms with Gasteiger partial charge in [-0.25, -0.2) is 4.79 Å². The van der Waals surface area contributed by atoms with Crippen molar-refractivity contribution in [3.63, 3.8) is 0 Å². The first kappa shape index (κ1) is 12.7. The Morgan fingerprint density at radius 1 is 1.39 bits per heavy atom. The molecule has 0 radical (unpaired) electrons. The van der Waals surface area contributed by atoms with Crippen LogP contribution in [0.25, 0.3) is 0 Å².